The molecule has 1 heterocycles. The summed E-state index contributed by atoms with van der Waals surface area (Å²) in [4.78, 5) is 0. The Morgan fingerprint density at radius 1 is 0.417 bits per heavy atom. The van der Waals surface area contributed by atoms with E-state index in [1.54, 1.807) is 0 Å². The number of nitrogens with zero attached hydrogens (tertiary/aromatic N) is 2. The van der Waals surface area contributed by atoms with Gasteiger partial charge in [-0.1, -0.05) is 155 Å². The van der Waals surface area contributed by atoms with E-state index < -0.39 is 16.9 Å². The van der Waals surface area contributed by atoms with E-state index in [1.165, 1.54) is 33.4 Å². The minimum Gasteiger partial charge on any atom is -0.435 e. The summed E-state index contributed by atoms with van der Waals surface area (Å²) in [5.41, 5.74) is 9.22. The largest absolute Gasteiger partial charge is 0.435 e. The van der Waals surface area contributed by atoms with Gasteiger partial charge in [0.1, 0.15) is 11.5 Å². The molecule has 4 aromatic rings. The van der Waals surface area contributed by atoms with Crippen LogP contribution in [0.1, 0.15) is 116 Å². The smallest absolute Gasteiger partial charge is 0.325 e. The van der Waals surface area contributed by atoms with Crippen LogP contribution in [0.3, 0.4) is 0 Å². The highest BCUT2D eigenvalue weighted by atomic mass is 31.3. The van der Waals surface area contributed by atoms with Gasteiger partial charge in [-0.25, -0.2) is 8.88 Å². The van der Waals surface area contributed by atoms with Gasteiger partial charge >= 0.3 is 16.9 Å². The van der Waals surface area contributed by atoms with Gasteiger partial charge < -0.3 is 9.05 Å². The lowest BCUT2D eigenvalue weighted by molar-refractivity contribution is 0.489. The molecule has 1 aliphatic heterocycles. The van der Waals surface area contributed by atoms with Gasteiger partial charge in [0.25, 0.3) is 0 Å². The SMILES string of the molecule is Cc1cc(C(C)(C)C)c(OP2N(c3ccccc3)P(Oc3c(C(C)(C)C)cc(C)cc3C(C)(C)C)N2c2ccccc2)c(C(C)(C)C)c1. The molecule has 6 heteroatoms. The van der Waals surface area contributed by atoms with Crippen molar-refractivity contribution in [3.63, 3.8) is 0 Å². The van der Waals surface area contributed by atoms with Crippen LogP contribution in [0.25, 0.3) is 0 Å². The summed E-state index contributed by atoms with van der Waals surface area (Å²) in [6.07, 6.45) is 0. The Morgan fingerprint density at radius 3 is 0.896 bits per heavy atom. The van der Waals surface area contributed by atoms with Crippen molar-refractivity contribution in [2.45, 2.75) is 119 Å². The Morgan fingerprint density at radius 2 is 0.667 bits per heavy atom. The molecule has 1 aliphatic rings. The highest BCUT2D eigenvalue weighted by Crippen LogP contribution is 2.79. The average Bonchev–Trinajstić information content (AvgIpc) is 2.96. The fourth-order valence-electron chi connectivity index (χ4n) is 6.07. The summed E-state index contributed by atoms with van der Waals surface area (Å²) in [7, 11) is -2.67. The zero-order valence-electron chi connectivity index (χ0n) is 31.7. The standard InChI is InChI=1S/C42H56N2O2P2/c1-29-25-33(39(3,4)5)37(34(26-29)40(6,7)8)45-47-43(31-21-17-15-18-22-31)48(44(47)32-23-19-16-20-24-32)46-38-35(41(9,10)11)27-30(2)28-36(38)42(12,13)14/h15-28H,1-14H3. The van der Waals surface area contributed by atoms with Gasteiger partial charge in [-0.15, -0.1) is 0 Å². The molecule has 0 aliphatic carbocycles. The second-order valence-electron chi connectivity index (χ2n) is 17.3. The molecular formula is C42H56N2O2P2. The first-order valence-corrected chi connectivity index (χ1v) is 19.5. The van der Waals surface area contributed by atoms with E-state index in [-0.39, 0.29) is 21.7 Å². The molecule has 1 fully saturated rings. The quantitative estimate of drug-likeness (QED) is 0.189. The Labute approximate surface area is 293 Å². The molecule has 0 bridgehead atoms. The molecule has 0 spiro atoms. The van der Waals surface area contributed by atoms with Crippen LogP contribution in [0.15, 0.2) is 84.9 Å². The van der Waals surface area contributed by atoms with Crippen LogP contribution >= 0.6 is 16.9 Å². The zero-order valence-corrected chi connectivity index (χ0v) is 33.5. The molecule has 0 atom stereocenters. The van der Waals surface area contributed by atoms with Crippen LogP contribution in [-0.4, -0.2) is 0 Å². The molecule has 4 nitrogen and oxygen atoms in total. The fourth-order valence-corrected chi connectivity index (χ4v) is 10.7. The predicted octanol–water partition coefficient (Wildman–Crippen LogP) is 13.4. The molecule has 1 saturated heterocycles. The van der Waals surface area contributed by atoms with Gasteiger partial charge in [0.05, 0.1) is 11.4 Å². The molecule has 0 aromatic heterocycles. The highest BCUT2D eigenvalue weighted by molar-refractivity contribution is 7.91. The number of rotatable bonds is 6. The Hall–Kier alpha value is -3.06. The minimum atomic E-state index is -1.34. The summed E-state index contributed by atoms with van der Waals surface area (Å²) in [5, 5.41) is 0. The normalized spacial score (nSPS) is 17.3. The van der Waals surface area contributed by atoms with Crippen LogP contribution in [0.5, 0.6) is 11.5 Å². The molecule has 256 valence electrons. The Kier molecular flexibility index (Phi) is 9.81. The van der Waals surface area contributed by atoms with Crippen LogP contribution in [0, 0.1) is 13.8 Å². The number of hydrogen-bond donors (Lipinski definition) is 0. The van der Waals surface area contributed by atoms with Crippen molar-refractivity contribution in [2.75, 3.05) is 8.88 Å². The number of aryl methyl sites for hydroxylation is 2. The van der Waals surface area contributed by atoms with Gasteiger partial charge in [0.2, 0.25) is 0 Å². The third-order valence-electron chi connectivity index (χ3n) is 8.67. The number of para-hydroxylation sites is 2. The molecule has 0 amide bonds. The van der Waals surface area contributed by atoms with E-state index in [2.05, 4.69) is 191 Å². The first-order valence-electron chi connectivity index (χ1n) is 17.2. The second kappa shape index (κ2) is 13.0. The average molecular weight is 683 g/mol. The highest BCUT2D eigenvalue weighted by Gasteiger charge is 2.56. The van der Waals surface area contributed by atoms with Crippen LogP contribution in [0.2, 0.25) is 0 Å². The summed E-state index contributed by atoms with van der Waals surface area (Å²) in [6.45, 7) is 31.8. The molecule has 0 saturated carbocycles. The summed E-state index contributed by atoms with van der Waals surface area (Å²) >= 11 is 0. The molecule has 0 N–H and O–H groups in total. The van der Waals surface area contributed by atoms with Gasteiger partial charge in [0, 0.05) is 22.3 Å². The minimum absolute atomic E-state index is 0.108. The van der Waals surface area contributed by atoms with Crippen molar-refractivity contribution in [3.05, 3.63) is 118 Å². The van der Waals surface area contributed by atoms with Crippen LogP contribution < -0.4 is 17.9 Å². The van der Waals surface area contributed by atoms with Gasteiger partial charge in [0.15, 0.2) is 0 Å². The second-order valence-corrected chi connectivity index (χ2v) is 20.9. The van der Waals surface area contributed by atoms with Crippen molar-refractivity contribution in [1.29, 1.82) is 0 Å². The monoisotopic (exact) mass is 682 g/mol. The van der Waals surface area contributed by atoms with Gasteiger partial charge in [-0.2, -0.15) is 0 Å². The maximum absolute atomic E-state index is 7.49. The molecule has 4 aromatic carbocycles. The first-order chi connectivity index (χ1) is 22.2. The predicted molar refractivity (Wildman–Crippen MR) is 210 cm³/mol. The number of benzene rings is 4. The molecule has 48 heavy (non-hydrogen) atoms. The molecule has 5 rings (SSSR count). The molecular weight excluding hydrogens is 626 g/mol. The van der Waals surface area contributed by atoms with E-state index in [1.807, 2.05) is 0 Å². The topological polar surface area (TPSA) is 24.9 Å². The van der Waals surface area contributed by atoms with Gasteiger partial charge in [-0.3, -0.25) is 0 Å². The van der Waals surface area contributed by atoms with E-state index in [0.29, 0.717) is 0 Å². The zero-order chi connectivity index (χ0) is 35.4. The summed E-state index contributed by atoms with van der Waals surface area (Å²) in [5.74, 6) is 1.98. The maximum Gasteiger partial charge on any atom is 0.325 e. The van der Waals surface area contributed by atoms with E-state index in [0.717, 1.165) is 22.9 Å². The number of hydrogen-bond acceptors (Lipinski definition) is 4. The molecule has 0 unspecified atom stereocenters. The van der Waals surface area contributed by atoms with Crippen molar-refractivity contribution in [2.24, 2.45) is 0 Å². The third kappa shape index (κ3) is 7.41. The van der Waals surface area contributed by atoms with Crippen molar-refractivity contribution >= 4 is 28.3 Å². The van der Waals surface area contributed by atoms with Crippen molar-refractivity contribution in [1.82, 2.24) is 0 Å². The molecule has 0 radical (unpaired) electrons. The van der Waals surface area contributed by atoms with Gasteiger partial charge in [-0.05, 0) is 59.8 Å². The maximum atomic E-state index is 7.49. The van der Waals surface area contributed by atoms with Crippen LogP contribution in [-0.2, 0) is 21.7 Å². The van der Waals surface area contributed by atoms with E-state index >= 15 is 0 Å². The lowest BCUT2D eigenvalue weighted by atomic mass is 9.78. The Bertz CT molecular complexity index is 1530. The van der Waals surface area contributed by atoms with Crippen molar-refractivity contribution in [3.8, 4) is 11.5 Å². The third-order valence-corrected chi connectivity index (χ3v) is 13.4. The van der Waals surface area contributed by atoms with E-state index in [9.17, 15) is 0 Å². The Balaban J connectivity index is 1.75. The fraction of sp³-hybridized carbons (Fsp3) is 0.429. The summed E-state index contributed by atoms with van der Waals surface area (Å²) < 4.78 is 19.8. The number of anilines is 2. The first kappa shape index (κ1) is 36.2. The lowest BCUT2D eigenvalue weighted by Gasteiger charge is -2.54. The van der Waals surface area contributed by atoms with E-state index in [4.69, 9.17) is 9.05 Å². The lowest BCUT2D eigenvalue weighted by Crippen LogP contribution is -2.42. The van der Waals surface area contributed by atoms with Crippen LogP contribution in [0.4, 0.5) is 11.4 Å². The van der Waals surface area contributed by atoms with Crippen molar-refractivity contribution < 1.29 is 9.05 Å². The summed E-state index contributed by atoms with van der Waals surface area (Å²) in [6, 6.07) is 30.6.